The first-order valence-electron chi connectivity index (χ1n) is 6.32. The van der Waals surface area contributed by atoms with Gasteiger partial charge in [0.2, 0.25) is 0 Å². The van der Waals surface area contributed by atoms with Gasteiger partial charge in [0.15, 0.2) is 5.75 Å². The Morgan fingerprint density at radius 1 is 1.39 bits per heavy atom. The summed E-state index contributed by atoms with van der Waals surface area (Å²) in [6.07, 6.45) is 1.79. The highest BCUT2D eigenvalue weighted by molar-refractivity contribution is 5.25. The molecule has 0 saturated heterocycles. The normalized spacial score (nSPS) is 12.2. The molecule has 104 valence electrons. The number of hydrogen-bond donors (Lipinski definition) is 1. The van der Waals surface area contributed by atoms with E-state index in [9.17, 15) is 0 Å². The smallest absolute Gasteiger partial charge is 0.161 e. The lowest BCUT2D eigenvalue weighted by atomic mass is 10.1. The molecule has 0 aliphatic heterocycles. The van der Waals surface area contributed by atoms with Gasteiger partial charge in [0.25, 0.3) is 0 Å². The van der Waals surface area contributed by atoms with Gasteiger partial charge in [-0.25, -0.2) is 0 Å². The number of methoxy groups -OCH3 is 1. The third-order valence-electron chi connectivity index (χ3n) is 2.68. The van der Waals surface area contributed by atoms with E-state index in [-0.39, 0.29) is 5.54 Å². The Morgan fingerprint density at radius 2 is 2.06 bits per heavy atom. The van der Waals surface area contributed by atoms with E-state index in [0.29, 0.717) is 0 Å². The summed E-state index contributed by atoms with van der Waals surface area (Å²) in [5.74, 6) is 0.852. The Balaban J connectivity index is 2.75. The number of rotatable bonds is 6. The van der Waals surface area contributed by atoms with Crippen LogP contribution in [0.15, 0.2) is 6.20 Å². The molecule has 0 spiro atoms. The molecule has 0 amide bonds. The molecule has 0 fully saturated rings. The molecule has 0 aromatic carbocycles. The van der Waals surface area contributed by atoms with E-state index >= 15 is 0 Å². The topological polar surface area (TPSA) is 42.3 Å². The number of nitrogens with zero attached hydrogens (tertiary/aromatic N) is 3. The van der Waals surface area contributed by atoms with Gasteiger partial charge in [-0.05, 0) is 34.9 Å². The summed E-state index contributed by atoms with van der Waals surface area (Å²) in [6, 6.07) is 0. The minimum Gasteiger partial charge on any atom is -0.493 e. The molecule has 1 N–H and O–H groups in total. The molecule has 0 aliphatic rings. The van der Waals surface area contributed by atoms with Crippen LogP contribution in [0.5, 0.6) is 5.75 Å². The van der Waals surface area contributed by atoms with Crippen LogP contribution in [0.1, 0.15) is 26.5 Å². The van der Waals surface area contributed by atoms with Crippen LogP contribution in [-0.2, 0) is 13.1 Å². The maximum absolute atomic E-state index is 5.36. The van der Waals surface area contributed by atoms with Gasteiger partial charge >= 0.3 is 0 Å². The fraction of sp³-hybridized carbons (Fsp3) is 0.769. The van der Waals surface area contributed by atoms with Gasteiger partial charge in [-0.2, -0.15) is 5.10 Å². The average Bonchev–Trinajstić information content (AvgIpc) is 2.64. The Hall–Kier alpha value is -1.07. The maximum atomic E-state index is 5.36. The van der Waals surface area contributed by atoms with E-state index in [1.807, 2.05) is 4.68 Å². The second-order valence-corrected chi connectivity index (χ2v) is 5.79. The molecular weight excluding hydrogens is 228 g/mol. The van der Waals surface area contributed by atoms with Gasteiger partial charge in [-0.3, -0.25) is 4.68 Å². The zero-order chi connectivity index (χ0) is 13.8. The first kappa shape index (κ1) is 15.0. The van der Waals surface area contributed by atoms with Crippen LogP contribution in [-0.4, -0.2) is 48.0 Å². The van der Waals surface area contributed by atoms with Gasteiger partial charge in [0.05, 0.1) is 25.5 Å². The molecule has 5 nitrogen and oxygen atoms in total. The van der Waals surface area contributed by atoms with E-state index in [1.54, 1.807) is 13.3 Å². The summed E-state index contributed by atoms with van der Waals surface area (Å²) in [6.45, 7) is 9.06. The van der Waals surface area contributed by atoms with Crippen LogP contribution in [0.3, 0.4) is 0 Å². The van der Waals surface area contributed by atoms with Crippen molar-refractivity contribution in [2.24, 2.45) is 0 Å². The molecule has 0 bridgehead atoms. The summed E-state index contributed by atoms with van der Waals surface area (Å²) in [5.41, 5.74) is 1.19. The zero-order valence-corrected chi connectivity index (χ0v) is 12.4. The van der Waals surface area contributed by atoms with Crippen LogP contribution in [0.2, 0.25) is 0 Å². The largest absolute Gasteiger partial charge is 0.493 e. The van der Waals surface area contributed by atoms with Gasteiger partial charge < -0.3 is 15.0 Å². The van der Waals surface area contributed by atoms with Crippen molar-refractivity contribution in [3.05, 3.63) is 11.9 Å². The van der Waals surface area contributed by atoms with Crippen LogP contribution in [0.25, 0.3) is 0 Å². The standard InChI is InChI=1S/C13H26N4O/c1-13(2,3)14-9-11-12(18-6)10-15-17(11)8-7-16(4)5/h10,14H,7-9H2,1-6H3. The van der Waals surface area contributed by atoms with Gasteiger partial charge in [0, 0.05) is 18.6 Å². The Bertz CT molecular complexity index is 366. The summed E-state index contributed by atoms with van der Waals surface area (Å²) in [7, 11) is 5.81. The van der Waals surface area contributed by atoms with Crippen LogP contribution in [0, 0.1) is 0 Å². The molecule has 5 heteroatoms. The van der Waals surface area contributed by atoms with Crippen molar-refractivity contribution in [2.45, 2.75) is 39.4 Å². The molecule has 1 aromatic heterocycles. The monoisotopic (exact) mass is 254 g/mol. The maximum Gasteiger partial charge on any atom is 0.161 e. The first-order chi connectivity index (χ1) is 8.33. The summed E-state index contributed by atoms with van der Waals surface area (Å²) < 4.78 is 7.37. The van der Waals surface area contributed by atoms with E-state index in [4.69, 9.17) is 4.74 Å². The summed E-state index contributed by atoms with van der Waals surface area (Å²) in [4.78, 5) is 2.15. The Kier molecular flexibility index (Phi) is 5.16. The van der Waals surface area contributed by atoms with E-state index in [1.165, 1.54) is 0 Å². The fourth-order valence-corrected chi connectivity index (χ4v) is 1.58. The fourth-order valence-electron chi connectivity index (χ4n) is 1.58. The summed E-state index contributed by atoms with van der Waals surface area (Å²) in [5, 5.41) is 7.86. The molecule has 1 aromatic rings. The lowest BCUT2D eigenvalue weighted by Crippen LogP contribution is -2.36. The Labute approximate surface area is 110 Å². The Morgan fingerprint density at radius 3 is 2.56 bits per heavy atom. The molecule has 1 heterocycles. The van der Waals surface area contributed by atoms with Crippen LogP contribution in [0.4, 0.5) is 0 Å². The number of nitrogens with one attached hydrogen (secondary N) is 1. The zero-order valence-electron chi connectivity index (χ0n) is 12.4. The van der Waals surface area contributed by atoms with Crippen LogP contribution >= 0.6 is 0 Å². The molecule has 0 radical (unpaired) electrons. The minimum absolute atomic E-state index is 0.0850. The highest BCUT2D eigenvalue weighted by Gasteiger charge is 2.15. The molecule has 1 rings (SSSR count). The van der Waals surface area contributed by atoms with Crippen molar-refractivity contribution < 1.29 is 4.74 Å². The molecular formula is C13H26N4O. The minimum atomic E-state index is 0.0850. The first-order valence-corrected chi connectivity index (χ1v) is 6.32. The average molecular weight is 254 g/mol. The van der Waals surface area contributed by atoms with Gasteiger partial charge in [-0.15, -0.1) is 0 Å². The van der Waals surface area contributed by atoms with Crippen molar-refractivity contribution in [2.75, 3.05) is 27.7 Å². The third kappa shape index (κ3) is 4.66. The summed E-state index contributed by atoms with van der Waals surface area (Å²) >= 11 is 0. The van der Waals surface area contributed by atoms with E-state index in [2.05, 4.69) is 50.2 Å². The van der Waals surface area contributed by atoms with Crippen molar-refractivity contribution in [1.29, 1.82) is 0 Å². The molecule has 0 aliphatic carbocycles. The number of aromatic nitrogens is 2. The quantitative estimate of drug-likeness (QED) is 0.832. The van der Waals surface area contributed by atoms with Crippen LogP contribution < -0.4 is 10.1 Å². The SMILES string of the molecule is COc1cnn(CCN(C)C)c1CNC(C)(C)C. The predicted octanol–water partition coefficient (Wildman–Crippen LogP) is 1.34. The van der Waals surface area contributed by atoms with Gasteiger partial charge in [0.1, 0.15) is 0 Å². The lowest BCUT2D eigenvalue weighted by molar-refractivity contribution is 0.354. The number of hydrogen-bond acceptors (Lipinski definition) is 4. The van der Waals surface area contributed by atoms with Crippen molar-refractivity contribution >= 4 is 0 Å². The number of ether oxygens (including phenoxy) is 1. The van der Waals surface area contributed by atoms with Gasteiger partial charge in [-0.1, -0.05) is 0 Å². The highest BCUT2D eigenvalue weighted by Crippen LogP contribution is 2.18. The molecule has 18 heavy (non-hydrogen) atoms. The molecule has 0 unspecified atom stereocenters. The lowest BCUT2D eigenvalue weighted by Gasteiger charge is -2.21. The molecule has 0 atom stereocenters. The van der Waals surface area contributed by atoms with Crippen molar-refractivity contribution in [3.63, 3.8) is 0 Å². The molecule has 0 saturated carbocycles. The van der Waals surface area contributed by atoms with E-state index in [0.717, 1.165) is 31.1 Å². The predicted molar refractivity (Wildman–Crippen MR) is 73.9 cm³/mol. The second kappa shape index (κ2) is 6.20. The van der Waals surface area contributed by atoms with Crippen molar-refractivity contribution in [3.8, 4) is 5.75 Å². The highest BCUT2D eigenvalue weighted by atomic mass is 16.5. The van der Waals surface area contributed by atoms with E-state index < -0.39 is 0 Å². The van der Waals surface area contributed by atoms with Crippen molar-refractivity contribution in [1.82, 2.24) is 20.0 Å². The number of likely N-dealkylation sites (N-methyl/N-ethyl adjacent to an activating group) is 1. The third-order valence-corrected chi connectivity index (χ3v) is 2.68. The second-order valence-electron chi connectivity index (χ2n) is 5.79.